The zero-order valence-corrected chi connectivity index (χ0v) is 12.6. The number of rotatable bonds is 4. The highest BCUT2D eigenvalue weighted by molar-refractivity contribution is 5.68. The number of benzene rings is 1. The van der Waals surface area contributed by atoms with E-state index in [1.165, 1.54) is 32.1 Å². The highest BCUT2D eigenvalue weighted by atomic mass is 16.5. The third-order valence-corrected chi connectivity index (χ3v) is 4.30. The minimum Gasteiger partial charge on any atom is -0.497 e. The summed E-state index contributed by atoms with van der Waals surface area (Å²) >= 11 is 0. The van der Waals surface area contributed by atoms with Gasteiger partial charge in [0.15, 0.2) is 0 Å². The summed E-state index contributed by atoms with van der Waals surface area (Å²) in [6.07, 6.45) is 10.8. The van der Waals surface area contributed by atoms with Crippen molar-refractivity contribution in [3.05, 3.63) is 30.6 Å². The van der Waals surface area contributed by atoms with Gasteiger partial charge in [-0.15, -0.1) is 0 Å². The van der Waals surface area contributed by atoms with Crippen LogP contribution in [-0.2, 0) is 6.54 Å². The lowest BCUT2D eigenvalue weighted by Gasteiger charge is -2.21. The van der Waals surface area contributed by atoms with Crippen molar-refractivity contribution >= 4 is 5.69 Å². The van der Waals surface area contributed by atoms with E-state index in [0.29, 0.717) is 5.69 Å². The van der Waals surface area contributed by atoms with Crippen LogP contribution in [-0.4, -0.2) is 16.9 Å². The molecule has 1 aromatic heterocycles. The van der Waals surface area contributed by atoms with E-state index in [2.05, 4.69) is 16.0 Å². The molecule has 2 aromatic rings. The molecule has 0 saturated heterocycles. The van der Waals surface area contributed by atoms with Gasteiger partial charge in [0.1, 0.15) is 5.75 Å². The van der Waals surface area contributed by atoms with E-state index in [1.54, 1.807) is 7.11 Å². The van der Waals surface area contributed by atoms with E-state index in [-0.39, 0.29) is 0 Å². The largest absolute Gasteiger partial charge is 0.497 e. The van der Waals surface area contributed by atoms with Gasteiger partial charge in [0.25, 0.3) is 0 Å². The van der Waals surface area contributed by atoms with Crippen molar-refractivity contribution < 1.29 is 4.74 Å². The van der Waals surface area contributed by atoms with Crippen molar-refractivity contribution in [2.75, 3.05) is 12.8 Å². The number of anilines is 1. The number of ether oxygens (including phenoxy) is 1. The van der Waals surface area contributed by atoms with Crippen molar-refractivity contribution in [2.45, 2.75) is 38.6 Å². The Bertz CT molecular complexity index is 600. The Morgan fingerprint density at radius 3 is 2.76 bits per heavy atom. The predicted octanol–water partition coefficient (Wildman–Crippen LogP) is 3.72. The second-order valence-corrected chi connectivity index (χ2v) is 5.95. The Hall–Kier alpha value is -1.97. The third-order valence-electron chi connectivity index (χ3n) is 4.30. The van der Waals surface area contributed by atoms with Crippen LogP contribution in [0.25, 0.3) is 11.1 Å². The highest BCUT2D eigenvalue weighted by Crippen LogP contribution is 2.28. The number of aromatic nitrogens is 2. The third kappa shape index (κ3) is 3.38. The van der Waals surface area contributed by atoms with Gasteiger partial charge in [0, 0.05) is 30.1 Å². The SMILES string of the molecule is COc1cc(N)cc(-c2cnn(CC3CCCCC3)c2)c1. The van der Waals surface area contributed by atoms with Gasteiger partial charge in [-0.05, 0) is 36.5 Å². The minimum absolute atomic E-state index is 0.712. The van der Waals surface area contributed by atoms with Gasteiger partial charge in [-0.3, -0.25) is 4.68 Å². The highest BCUT2D eigenvalue weighted by Gasteiger charge is 2.14. The molecule has 3 rings (SSSR count). The van der Waals surface area contributed by atoms with Crippen molar-refractivity contribution in [3.63, 3.8) is 0 Å². The lowest BCUT2D eigenvalue weighted by atomic mass is 9.89. The number of hydrogen-bond acceptors (Lipinski definition) is 3. The fraction of sp³-hybridized carbons (Fsp3) is 0.471. The van der Waals surface area contributed by atoms with Crippen LogP contribution in [0.3, 0.4) is 0 Å². The number of nitrogens with two attached hydrogens (primary N) is 1. The molecule has 0 amide bonds. The van der Waals surface area contributed by atoms with Crippen molar-refractivity contribution in [1.29, 1.82) is 0 Å². The maximum absolute atomic E-state index is 5.92. The van der Waals surface area contributed by atoms with Crippen LogP contribution in [0, 0.1) is 5.92 Å². The molecular weight excluding hydrogens is 262 g/mol. The Morgan fingerprint density at radius 1 is 1.19 bits per heavy atom. The van der Waals surface area contributed by atoms with Gasteiger partial charge >= 0.3 is 0 Å². The van der Waals surface area contributed by atoms with E-state index in [4.69, 9.17) is 10.5 Å². The van der Waals surface area contributed by atoms with E-state index in [1.807, 2.05) is 24.4 Å². The van der Waals surface area contributed by atoms with Crippen LogP contribution < -0.4 is 10.5 Å². The van der Waals surface area contributed by atoms with Gasteiger partial charge in [0.05, 0.1) is 13.3 Å². The summed E-state index contributed by atoms with van der Waals surface area (Å²) in [4.78, 5) is 0. The molecule has 1 heterocycles. The normalized spacial score (nSPS) is 16.0. The second kappa shape index (κ2) is 6.20. The molecule has 4 heteroatoms. The minimum atomic E-state index is 0.712. The fourth-order valence-electron chi connectivity index (χ4n) is 3.15. The van der Waals surface area contributed by atoms with Gasteiger partial charge < -0.3 is 10.5 Å². The van der Waals surface area contributed by atoms with E-state index in [9.17, 15) is 0 Å². The topological polar surface area (TPSA) is 53.1 Å². The van der Waals surface area contributed by atoms with Crippen LogP contribution in [0.4, 0.5) is 5.69 Å². The zero-order chi connectivity index (χ0) is 14.7. The first kappa shape index (κ1) is 14.0. The molecule has 0 atom stereocenters. The molecule has 1 aliphatic rings. The Morgan fingerprint density at radius 2 is 2.00 bits per heavy atom. The predicted molar refractivity (Wildman–Crippen MR) is 85.2 cm³/mol. The van der Waals surface area contributed by atoms with Gasteiger partial charge in [-0.2, -0.15) is 5.10 Å². The standard InChI is InChI=1S/C17H23N3O/c1-21-17-8-14(7-16(18)9-17)15-10-19-20(12-15)11-13-5-3-2-4-6-13/h7-10,12-13H,2-6,11,18H2,1H3. The van der Waals surface area contributed by atoms with Gasteiger partial charge in [0.2, 0.25) is 0 Å². The summed E-state index contributed by atoms with van der Waals surface area (Å²) in [5.74, 6) is 1.56. The average molecular weight is 285 g/mol. The van der Waals surface area contributed by atoms with Crippen LogP contribution >= 0.6 is 0 Å². The molecule has 0 bridgehead atoms. The summed E-state index contributed by atoms with van der Waals surface area (Å²) in [6.45, 7) is 1.03. The zero-order valence-electron chi connectivity index (χ0n) is 12.6. The van der Waals surface area contributed by atoms with E-state index >= 15 is 0 Å². The monoisotopic (exact) mass is 285 g/mol. The van der Waals surface area contributed by atoms with Crippen LogP contribution in [0.2, 0.25) is 0 Å². The maximum Gasteiger partial charge on any atom is 0.121 e. The van der Waals surface area contributed by atoms with Crippen LogP contribution in [0.15, 0.2) is 30.6 Å². The lowest BCUT2D eigenvalue weighted by Crippen LogP contribution is -2.14. The summed E-state index contributed by atoms with van der Waals surface area (Å²) in [7, 11) is 1.66. The Balaban J connectivity index is 1.76. The number of methoxy groups -OCH3 is 1. The molecular formula is C17H23N3O. The fourth-order valence-corrected chi connectivity index (χ4v) is 3.15. The van der Waals surface area contributed by atoms with Crippen LogP contribution in [0.5, 0.6) is 5.75 Å². The smallest absolute Gasteiger partial charge is 0.121 e. The molecule has 4 nitrogen and oxygen atoms in total. The average Bonchev–Trinajstić information content (AvgIpc) is 2.96. The van der Waals surface area contributed by atoms with Crippen molar-refractivity contribution in [1.82, 2.24) is 9.78 Å². The maximum atomic E-state index is 5.92. The molecule has 1 fully saturated rings. The quantitative estimate of drug-likeness (QED) is 0.871. The Labute approximate surface area is 125 Å². The van der Waals surface area contributed by atoms with E-state index in [0.717, 1.165) is 29.3 Å². The van der Waals surface area contributed by atoms with Gasteiger partial charge in [-0.1, -0.05) is 19.3 Å². The number of hydrogen-bond donors (Lipinski definition) is 1. The summed E-state index contributed by atoms with van der Waals surface area (Å²) in [5.41, 5.74) is 8.78. The first-order valence-electron chi connectivity index (χ1n) is 7.72. The Kier molecular flexibility index (Phi) is 4.13. The summed E-state index contributed by atoms with van der Waals surface area (Å²) in [6, 6.07) is 5.79. The first-order valence-corrected chi connectivity index (χ1v) is 7.72. The van der Waals surface area contributed by atoms with Crippen molar-refractivity contribution in [3.8, 4) is 16.9 Å². The van der Waals surface area contributed by atoms with Crippen molar-refractivity contribution in [2.24, 2.45) is 5.92 Å². The second-order valence-electron chi connectivity index (χ2n) is 5.95. The van der Waals surface area contributed by atoms with E-state index < -0.39 is 0 Å². The number of nitrogens with zero attached hydrogens (tertiary/aromatic N) is 2. The molecule has 0 aliphatic heterocycles. The first-order chi connectivity index (χ1) is 10.2. The lowest BCUT2D eigenvalue weighted by molar-refractivity contribution is 0.308. The molecule has 2 N–H and O–H groups in total. The van der Waals surface area contributed by atoms with Crippen LogP contribution in [0.1, 0.15) is 32.1 Å². The molecule has 112 valence electrons. The molecule has 1 aromatic carbocycles. The number of nitrogen functional groups attached to an aromatic ring is 1. The molecule has 1 saturated carbocycles. The van der Waals surface area contributed by atoms with Gasteiger partial charge in [-0.25, -0.2) is 0 Å². The molecule has 21 heavy (non-hydrogen) atoms. The summed E-state index contributed by atoms with van der Waals surface area (Å²) in [5, 5.41) is 4.51. The molecule has 0 radical (unpaired) electrons. The molecule has 0 spiro atoms. The molecule has 0 unspecified atom stereocenters. The molecule has 1 aliphatic carbocycles. The summed E-state index contributed by atoms with van der Waals surface area (Å²) < 4.78 is 7.35.